The zero-order chi connectivity index (χ0) is 40.0. The van der Waals surface area contributed by atoms with E-state index >= 15 is 0 Å². The van der Waals surface area contributed by atoms with Gasteiger partial charge in [-0.1, -0.05) is 159 Å². The van der Waals surface area contributed by atoms with Crippen molar-refractivity contribution >= 4 is 19.8 Å². The van der Waals surface area contributed by atoms with Crippen LogP contribution in [0.5, 0.6) is 0 Å². The summed E-state index contributed by atoms with van der Waals surface area (Å²) >= 11 is 0. The Morgan fingerprint density at radius 2 is 1.06 bits per heavy atom. The summed E-state index contributed by atoms with van der Waals surface area (Å²) < 4.78 is 33.9. The minimum absolute atomic E-state index is 0.0339. The number of phosphoric ester groups is 1. The second-order valence-electron chi connectivity index (χ2n) is 15.7. The predicted octanol–water partition coefficient (Wildman–Crippen LogP) is 11.5. The molecule has 0 aromatic carbocycles. The van der Waals surface area contributed by atoms with Crippen molar-refractivity contribution in [1.82, 2.24) is 0 Å². The molecule has 0 radical (unpaired) electrons. The molecule has 9 nitrogen and oxygen atoms in total. The Hall–Kier alpha value is -1.77. The van der Waals surface area contributed by atoms with Crippen molar-refractivity contribution in [2.24, 2.45) is 0 Å². The fourth-order valence-electron chi connectivity index (χ4n) is 5.79. The number of carbonyl (C=O) groups excluding carboxylic acids is 2. The molecule has 0 heterocycles. The van der Waals surface area contributed by atoms with Crippen LogP contribution in [0.4, 0.5) is 0 Å². The van der Waals surface area contributed by atoms with Gasteiger partial charge in [0.05, 0.1) is 27.7 Å². The van der Waals surface area contributed by atoms with Gasteiger partial charge >= 0.3 is 11.9 Å². The average molecular weight is 784 g/mol. The fourth-order valence-corrected chi connectivity index (χ4v) is 6.51. The van der Waals surface area contributed by atoms with Gasteiger partial charge in [-0.05, 0) is 44.9 Å². The van der Waals surface area contributed by atoms with Gasteiger partial charge in [0.25, 0.3) is 7.82 Å². The predicted molar refractivity (Wildman–Crippen MR) is 222 cm³/mol. The van der Waals surface area contributed by atoms with Crippen LogP contribution < -0.4 is 4.89 Å². The summed E-state index contributed by atoms with van der Waals surface area (Å²) in [5.41, 5.74) is 0. The molecule has 0 aromatic heterocycles. The number of esters is 2. The summed E-state index contributed by atoms with van der Waals surface area (Å²) in [6, 6.07) is 0. The highest BCUT2D eigenvalue weighted by Gasteiger charge is 2.21. The van der Waals surface area contributed by atoms with Crippen molar-refractivity contribution in [2.45, 2.75) is 187 Å². The van der Waals surface area contributed by atoms with Crippen molar-refractivity contribution in [3.05, 3.63) is 36.5 Å². The Labute approximate surface area is 331 Å². The van der Waals surface area contributed by atoms with Gasteiger partial charge in [0.1, 0.15) is 19.8 Å². The Morgan fingerprint density at radius 3 is 1.57 bits per heavy atom. The first kappa shape index (κ1) is 52.2. The van der Waals surface area contributed by atoms with E-state index in [-0.39, 0.29) is 32.0 Å². The maximum atomic E-state index is 12.7. The van der Waals surface area contributed by atoms with Gasteiger partial charge < -0.3 is 27.9 Å². The minimum Gasteiger partial charge on any atom is -0.756 e. The number of nitrogens with zero attached hydrogens (tertiary/aromatic N) is 1. The number of unbranched alkanes of at least 4 members (excludes halogenated alkanes) is 19. The maximum absolute atomic E-state index is 12.7. The van der Waals surface area contributed by atoms with Crippen LogP contribution in [-0.2, 0) is 32.7 Å². The first-order valence-corrected chi connectivity index (χ1v) is 23.2. The number of allylic oxidation sites excluding steroid dienone is 6. The number of hydrogen-bond donors (Lipinski definition) is 0. The molecule has 0 amide bonds. The van der Waals surface area contributed by atoms with Gasteiger partial charge in [0.2, 0.25) is 0 Å². The molecule has 0 saturated carbocycles. The number of hydrogen-bond acceptors (Lipinski definition) is 8. The topological polar surface area (TPSA) is 111 Å². The molecular weight excluding hydrogens is 701 g/mol. The lowest BCUT2D eigenvalue weighted by Crippen LogP contribution is -2.37. The van der Waals surface area contributed by atoms with Crippen LogP contribution in [0, 0.1) is 0 Å². The number of ether oxygens (including phenoxy) is 2. The van der Waals surface area contributed by atoms with E-state index in [9.17, 15) is 19.0 Å². The summed E-state index contributed by atoms with van der Waals surface area (Å²) in [4.78, 5) is 37.5. The van der Waals surface area contributed by atoms with Crippen LogP contribution in [0.25, 0.3) is 0 Å². The van der Waals surface area contributed by atoms with Gasteiger partial charge in [-0.15, -0.1) is 0 Å². The summed E-state index contributed by atoms with van der Waals surface area (Å²) in [7, 11) is 1.15. The van der Waals surface area contributed by atoms with Crippen LogP contribution in [0.3, 0.4) is 0 Å². The second-order valence-corrected chi connectivity index (χ2v) is 17.1. The molecule has 0 N–H and O–H groups in total. The van der Waals surface area contributed by atoms with Crippen molar-refractivity contribution in [1.29, 1.82) is 0 Å². The SMILES string of the molecule is CC/C=C/C/C=C/C/C=C/CCCCCCCC(=O)O[C@H](COC(=O)CCCCCCCCCCCCCCCCC)COP(=O)([O-])OCC[N+](C)(C)C. The van der Waals surface area contributed by atoms with Crippen molar-refractivity contribution < 1.29 is 42.1 Å². The van der Waals surface area contributed by atoms with E-state index in [0.29, 0.717) is 17.4 Å². The second kappa shape index (κ2) is 36.8. The van der Waals surface area contributed by atoms with Crippen LogP contribution in [0.1, 0.15) is 181 Å². The van der Waals surface area contributed by atoms with E-state index in [2.05, 4.69) is 50.3 Å². The lowest BCUT2D eigenvalue weighted by Gasteiger charge is -2.28. The lowest BCUT2D eigenvalue weighted by atomic mass is 10.0. The van der Waals surface area contributed by atoms with Crippen LogP contribution in [0.15, 0.2) is 36.5 Å². The quantitative estimate of drug-likeness (QED) is 0.0199. The molecule has 0 fully saturated rings. The summed E-state index contributed by atoms with van der Waals surface area (Å²) in [5.74, 6) is -0.851. The highest BCUT2D eigenvalue weighted by Crippen LogP contribution is 2.38. The van der Waals surface area contributed by atoms with Gasteiger partial charge in [-0.2, -0.15) is 0 Å². The van der Waals surface area contributed by atoms with Gasteiger partial charge in [0, 0.05) is 12.8 Å². The Balaban J connectivity index is 4.38. The molecule has 2 atom stereocenters. The standard InChI is InChI=1S/C44H82NO8P/c1-6-8-10-12-14-16-18-20-22-24-26-28-30-32-34-36-43(46)50-40-42(41-52-54(48,49)51-39-38-45(3,4)5)53-44(47)37-35-33-31-29-27-25-23-21-19-17-15-13-11-9-7-2/h9,11,15,17,21,23,42H,6-8,10,12-14,16,18-20,22,24-41H2,1-5H3/b11-9+,17-15+,23-21+/t42-/m1/s1. The smallest absolute Gasteiger partial charge is 0.306 e. The molecule has 10 heteroatoms. The summed E-state index contributed by atoms with van der Waals surface area (Å²) in [5, 5.41) is 0. The van der Waals surface area contributed by atoms with E-state index in [1.807, 2.05) is 21.1 Å². The third-order valence-corrected chi connectivity index (χ3v) is 10.1. The van der Waals surface area contributed by atoms with Gasteiger partial charge in [-0.3, -0.25) is 14.2 Å². The normalized spacial score (nSPS) is 14.0. The molecule has 0 saturated heterocycles. The molecule has 54 heavy (non-hydrogen) atoms. The van der Waals surface area contributed by atoms with E-state index in [4.69, 9.17) is 18.5 Å². The minimum atomic E-state index is -4.63. The summed E-state index contributed by atoms with van der Waals surface area (Å²) in [6.07, 6.45) is 40.2. The van der Waals surface area contributed by atoms with Crippen molar-refractivity contribution in [3.63, 3.8) is 0 Å². The highest BCUT2D eigenvalue weighted by atomic mass is 31.2. The third kappa shape index (κ3) is 39.9. The van der Waals surface area contributed by atoms with Crippen LogP contribution in [0.2, 0.25) is 0 Å². The fraction of sp³-hybridized carbons (Fsp3) is 0.818. The average Bonchev–Trinajstić information content (AvgIpc) is 3.12. The van der Waals surface area contributed by atoms with E-state index < -0.39 is 26.5 Å². The summed E-state index contributed by atoms with van der Waals surface area (Å²) in [6.45, 7) is 4.10. The first-order chi connectivity index (χ1) is 26.0. The van der Waals surface area contributed by atoms with E-state index in [1.165, 1.54) is 77.0 Å². The molecule has 1 unspecified atom stereocenters. The van der Waals surface area contributed by atoms with Crippen LogP contribution >= 0.6 is 7.82 Å². The molecule has 0 rings (SSSR count). The zero-order valence-corrected chi connectivity index (χ0v) is 36.3. The molecule has 0 bridgehead atoms. The highest BCUT2D eigenvalue weighted by molar-refractivity contribution is 7.45. The monoisotopic (exact) mass is 784 g/mol. The first-order valence-electron chi connectivity index (χ1n) is 21.7. The van der Waals surface area contributed by atoms with Crippen LogP contribution in [-0.4, -0.2) is 70.0 Å². The number of carbonyl (C=O) groups is 2. The van der Waals surface area contributed by atoms with Gasteiger partial charge in [-0.25, -0.2) is 0 Å². The third-order valence-electron chi connectivity index (χ3n) is 9.17. The molecule has 316 valence electrons. The molecule has 0 aromatic rings. The number of rotatable bonds is 39. The number of quaternary nitrogens is 1. The van der Waals surface area contributed by atoms with Crippen molar-refractivity contribution in [3.8, 4) is 0 Å². The number of likely N-dealkylation sites (N-methyl/N-ethyl adjacent to an activating group) is 1. The van der Waals surface area contributed by atoms with Crippen molar-refractivity contribution in [2.75, 3.05) is 47.5 Å². The molecule has 0 aliphatic carbocycles. The Kier molecular flexibility index (Phi) is 35.6. The van der Waals surface area contributed by atoms with E-state index in [0.717, 1.165) is 70.6 Å². The molecular formula is C44H82NO8P. The van der Waals surface area contributed by atoms with E-state index in [1.54, 1.807) is 0 Å². The molecule has 0 aliphatic rings. The largest absolute Gasteiger partial charge is 0.756 e. The molecule has 0 spiro atoms. The Morgan fingerprint density at radius 1 is 0.593 bits per heavy atom. The maximum Gasteiger partial charge on any atom is 0.306 e. The Bertz CT molecular complexity index is 1020. The lowest BCUT2D eigenvalue weighted by molar-refractivity contribution is -0.870. The zero-order valence-electron chi connectivity index (χ0n) is 35.4. The molecule has 0 aliphatic heterocycles. The number of phosphoric acid groups is 1. The van der Waals surface area contributed by atoms with Gasteiger partial charge in [0.15, 0.2) is 6.10 Å².